The van der Waals surface area contributed by atoms with Crippen LogP contribution in [0.1, 0.15) is 30.7 Å². The Morgan fingerprint density at radius 1 is 1.19 bits per heavy atom. The van der Waals surface area contributed by atoms with Crippen LogP contribution >= 0.6 is 0 Å². The van der Waals surface area contributed by atoms with E-state index in [4.69, 9.17) is 5.11 Å². The summed E-state index contributed by atoms with van der Waals surface area (Å²) in [4.78, 5) is 25.1. The molecule has 3 rings (SSSR count). The van der Waals surface area contributed by atoms with Gasteiger partial charge in [-0.15, -0.1) is 13.2 Å². The molecule has 0 bridgehead atoms. The third kappa shape index (κ3) is 3.77. The molecule has 2 fully saturated rings. The first kappa shape index (κ1) is 18.5. The number of amides is 1. The van der Waals surface area contributed by atoms with Crippen LogP contribution in [-0.4, -0.2) is 52.0 Å². The second-order valence-electron chi connectivity index (χ2n) is 6.70. The fraction of sp³-hybridized carbons (Fsp3) is 0.529. The molecule has 2 unspecified atom stereocenters. The van der Waals surface area contributed by atoms with Crippen LogP contribution < -0.4 is 4.74 Å². The predicted octanol–water partition coefficient (Wildman–Crippen LogP) is 2.13. The smallest absolute Gasteiger partial charge is 0.479 e. The molecule has 142 valence electrons. The van der Waals surface area contributed by atoms with Crippen LogP contribution in [0.15, 0.2) is 24.3 Å². The highest BCUT2D eigenvalue weighted by Crippen LogP contribution is 2.52. The number of piperidine rings is 1. The largest absolute Gasteiger partial charge is 0.573 e. The van der Waals surface area contributed by atoms with Crippen LogP contribution in [0.5, 0.6) is 5.75 Å². The summed E-state index contributed by atoms with van der Waals surface area (Å²) < 4.78 is 41.6. The van der Waals surface area contributed by atoms with Gasteiger partial charge in [-0.3, -0.25) is 4.79 Å². The maximum absolute atomic E-state index is 12.6. The summed E-state index contributed by atoms with van der Waals surface area (Å²) in [5.74, 6) is -2.67. The van der Waals surface area contributed by atoms with Crippen molar-refractivity contribution in [3.63, 3.8) is 0 Å². The molecule has 1 saturated heterocycles. The third-order valence-corrected chi connectivity index (χ3v) is 4.95. The average molecular weight is 373 g/mol. The first-order chi connectivity index (χ1) is 12.1. The van der Waals surface area contributed by atoms with E-state index in [1.54, 1.807) is 6.07 Å². The Bertz CT molecular complexity index is 713. The molecule has 6 nitrogen and oxygen atoms in total. The summed E-state index contributed by atoms with van der Waals surface area (Å²) >= 11 is 0. The monoisotopic (exact) mass is 373 g/mol. The highest BCUT2D eigenvalue weighted by molar-refractivity contribution is 5.84. The minimum absolute atomic E-state index is 0.0702. The standard InChI is InChI=1S/C17H18F3NO5/c18-17(19,20)26-13-4-2-1-3-10(13)11-9-12(11)14(22)21-7-5-16(25,6-8-21)15(23)24/h1-4,11-12,25H,5-9H2,(H,23,24). The van der Waals surface area contributed by atoms with Gasteiger partial charge in [-0.05, 0) is 24.0 Å². The summed E-state index contributed by atoms with van der Waals surface area (Å²) in [7, 11) is 0. The van der Waals surface area contributed by atoms with Crippen molar-refractivity contribution >= 4 is 11.9 Å². The molecule has 1 amide bonds. The van der Waals surface area contributed by atoms with Gasteiger partial charge in [-0.25, -0.2) is 4.79 Å². The molecule has 2 N–H and O–H groups in total. The number of hydrogen-bond acceptors (Lipinski definition) is 4. The van der Waals surface area contributed by atoms with Gasteiger partial charge >= 0.3 is 12.3 Å². The number of carboxylic acid groups (broad SMARTS) is 1. The van der Waals surface area contributed by atoms with E-state index < -0.39 is 23.9 Å². The van der Waals surface area contributed by atoms with Gasteiger partial charge in [0.15, 0.2) is 5.60 Å². The van der Waals surface area contributed by atoms with Crippen LogP contribution in [-0.2, 0) is 9.59 Å². The van der Waals surface area contributed by atoms with Crippen molar-refractivity contribution in [3.8, 4) is 5.75 Å². The highest BCUT2D eigenvalue weighted by atomic mass is 19.4. The van der Waals surface area contributed by atoms with E-state index in [2.05, 4.69) is 4.74 Å². The summed E-state index contributed by atoms with van der Waals surface area (Å²) in [6.07, 6.45) is -4.53. The fourth-order valence-corrected chi connectivity index (χ4v) is 3.36. The molecule has 1 aliphatic heterocycles. The van der Waals surface area contributed by atoms with E-state index in [1.807, 2.05) is 0 Å². The van der Waals surface area contributed by atoms with E-state index in [9.17, 15) is 27.9 Å². The second kappa shape index (κ2) is 6.46. The normalized spacial score (nSPS) is 24.8. The summed E-state index contributed by atoms with van der Waals surface area (Å²) in [6.45, 7) is 0.205. The quantitative estimate of drug-likeness (QED) is 0.844. The van der Waals surface area contributed by atoms with E-state index in [0.717, 1.165) is 0 Å². The van der Waals surface area contributed by atoms with Crippen molar-refractivity contribution in [2.24, 2.45) is 5.92 Å². The number of hydrogen-bond donors (Lipinski definition) is 2. The molecule has 1 saturated carbocycles. The zero-order valence-electron chi connectivity index (χ0n) is 13.7. The van der Waals surface area contributed by atoms with Crippen molar-refractivity contribution in [1.29, 1.82) is 0 Å². The zero-order chi connectivity index (χ0) is 19.1. The number of aliphatic hydroxyl groups is 1. The number of carboxylic acids is 1. The molecule has 26 heavy (non-hydrogen) atoms. The van der Waals surface area contributed by atoms with Crippen LogP contribution in [0.25, 0.3) is 0 Å². The number of benzene rings is 1. The van der Waals surface area contributed by atoms with Gasteiger partial charge in [-0.1, -0.05) is 18.2 Å². The van der Waals surface area contributed by atoms with Crippen molar-refractivity contribution in [1.82, 2.24) is 4.90 Å². The number of para-hydroxylation sites is 1. The van der Waals surface area contributed by atoms with Gasteiger partial charge in [0.1, 0.15) is 5.75 Å². The Morgan fingerprint density at radius 2 is 1.81 bits per heavy atom. The Balaban J connectivity index is 1.65. The maximum Gasteiger partial charge on any atom is 0.573 e. The first-order valence-corrected chi connectivity index (χ1v) is 8.20. The Labute approximate surface area is 147 Å². The minimum atomic E-state index is -4.81. The number of carbonyl (C=O) groups is 2. The average Bonchev–Trinajstić information content (AvgIpc) is 3.34. The number of carbonyl (C=O) groups excluding carboxylic acids is 1. The molecule has 2 atom stereocenters. The van der Waals surface area contributed by atoms with Crippen molar-refractivity contribution < 1.29 is 37.7 Å². The van der Waals surface area contributed by atoms with Crippen molar-refractivity contribution in [2.75, 3.05) is 13.1 Å². The molecule has 0 spiro atoms. The predicted molar refractivity (Wildman–Crippen MR) is 82.4 cm³/mol. The van der Waals surface area contributed by atoms with Crippen LogP contribution in [0.3, 0.4) is 0 Å². The lowest BCUT2D eigenvalue weighted by atomic mass is 9.91. The van der Waals surface area contributed by atoms with E-state index >= 15 is 0 Å². The Hall–Kier alpha value is -2.29. The molecule has 2 aliphatic rings. The lowest BCUT2D eigenvalue weighted by Crippen LogP contribution is -2.51. The van der Waals surface area contributed by atoms with Gasteiger partial charge in [-0.2, -0.15) is 0 Å². The molecule has 1 aliphatic carbocycles. The topological polar surface area (TPSA) is 87.1 Å². The van der Waals surface area contributed by atoms with Crippen molar-refractivity contribution in [3.05, 3.63) is 29.8 Å². The van der Waals surface area contributed by atoms with Gasteiger partial charge in [0.25, 0.3) is 0 Å². The Morgan fingerprint density at radius 3 is 2.38 bits per heavy atom. The number of ether oxygens (including phenoxy) is 1. The molecule has 0 radical (unpaired) electrons. The molecule has 1 aromatic carbocycles. The van der Waals surface area contributed by atoms with Crippen LogP contribution in [0, 0.1) is 5.92 Å². The summed E-state index contributed by atoms with van der Waals surface area (Å²) in [5.41, 5.74) is -1.49. The van der Waals surface area contributed by atoms with Gasteiger partial charge < -0.3 is 19.8 Å². The highest BCUT2D eigenvalue weighted by Gasteiger charge is 2.49. The van der Waals surface area contributed by atoms with E-state index in [-0.39, 0.29) is 43.5 Å². The number of likely N-dealkylation sites (tertiary alicyclic amines) is 1. The summed E-state index contributed by atoms with van der Waals surface area (Å²) in [6, 6.07) is 5.75. The third-order valence-electron chi connectivity index (χ3n) is 4.95. The van der Waals surface area contributed by atoms with Crippen LogP contribution in [0.4, 0.5) is 13.2 Å². The lowest BCUT2D eigenvalue weighted by Gasteiger charge is -2.35. The molecule has 9 heteroatoms. The number of nitrogens with zero attached hydrogens (tertiary/aromatic N) is 1. The first-order valence-electron chi connectivity index (χ1n) is 8.20. The van der Waals surface area contributed by atoms with Crippen LogP contribution in [0.2, 0.25) is 0 Å². The number of alkyl halides is 3. The fourth-order valence-electron chi connectivity index (χ4n) is 3.36. The molecular formula is C17H18F3NO5. The van der Waals surface area contributed by atoms with Crippen molar-refractivity contribution in [2.45, 2.75) is 37.1 Å². The molecular weight excluding hydrogens is 355 g/mol. The number of halogens is 3. The molecule has 1 heterocycles. The Kier molecular flexibility index (Phi) is 4.60. The zero-order valence-corrected chi connectivity index (χ0v) is 13.7. The SMILES string of the molecule is O=C(C1CC1c1ccccc1OC(F)(F)F)N1CCC(O)(C(=O)O)CC1. The van der Waals surface area contributed by atoms with E-state index in [0.29, 0.717) is 12.0 Å². The van der Waals surface area contributed by atoms with Gasteiger partial charge in [0.05, 0.1) is 0 Å². The number of rotatable bonds is 4. The van der Waals surface area contributed by atoms with Gasteiger partial charge in [0, 0.05) is 31.8 Å². The van der Waals surface area contributed by atoms with Gasteiger partial charge in [0.2, 0.25) is 5.91 Å². The lowest BCUT2D eigenvalue weighted by molar-refractivity contribution is -0.274. The maximum atomic E-state index is 12.6. The van der Waals surface area contributed by atoms with E-state index in [1.165, 1.54) is 23.1 Å². The summed E-state index contributed by atoms with van der Waals surface area (Å²) in [5, 5.41) is 18.9. The minimum Gasteiger partial charge on any atom is -0.479 e. The number of aliphatic carboxylic acids is 1. The second-order valence-corrected chi connectivity index (χ2v) is 6.70. The molecule has 1 aromatic rings. The molecule has 0 aromatic heterocycles.